The maximum Gasteiger partial charge on any atom is 0.326 e. The van der Waals surface area contributed by atoms with Gasteiger partial charge < -0.3 is 15.2 Å². The number of hydrogen-bond donors (Lipinski definition) is 2. The third kappa shape index (κ3) is 3.88. The summed E-state index contributed by atoms with van der Waals surface area (Å²) in [6.45, 7) is 2.35. The van der Waals surface area contributed by atoms with Gasteiger partial charge in [0.15, 0.2) is 0 Å². The third-order valence-corrected chi connectivity index (χ3v) is 3.20. The highest BCUT2D eigenvalue weighted by molar-refractivity contribution is 5.79. The third-order valence-electron chi connectivity index (χ3n) is 3.20. The molecule has 0 saturated carbocycles. The van der Waals surface area contributed by atoms with E-state index in [9.17, 15) is 9.90 Å². The van der Waals surface area contributed by atoms with E-state index in [0.717, 1.165) is 11.0 Å². The van der Waals surface area contributed by atoms with Gasteiger partial charge in [-0.15, -0.1) is 0 Å². The molecule has 0 radical (unpaired) electrons. The number of ether oxygens (including phenoxy) is 1. The second-order valence-electron chi connectivity index (χ2n) is 4.82. The molecule has 6 nitrogen and oxygen atoms in total. The number of aryl methyl sites for hydroxylation is 1. The molecule has 0 bridgehead atoms. The molecule has 2 rings (SSSR count). The lowest BCUT2D eigenvalue weighted by atomic mass is 10.1. The lowest BCUT2D eigenvalue weighted by Crippen LogP contribution is -2.30. The zero-order valence-corrected chi connectivity index (χ0v) is 12.2. The zero-order chi connectivity index (χ0) is 15.2. The number of nitrogens with one attached hydrogen (secondary N) is 1. The van der Waals surface area contributed by atoms with Crippen molar-refractivity contribution in [2.75, 3.05) is 19.0 Å². The van der Waals surface area contributed by atoms with Gasteiger partial charge in [0.05, 0.1) is 16.7 Å². The molecule has 0 aliphatic rings. The van der Waals surface area contributed by atoms with E-state index in [4.69, 9.17) is 4.74 Å². The van der Waals surface area contributed by atoms with Crippen LogP contribution in [0.5, 0.6) is 0 Å². The summed E-state index contributed by atoms with van der Waals surface area (Å²) < 4.78 is 4.95. The number of fused-ring (bicyclic) bond motifs is 1. The Hall–Kier alpha value is -2.21. The van der Waals surface area contributed by atoms with E-state index in [2.05, 4.69) is 15.3 Å². The first-order valence-corrected chi connectivity index (χ1v) is 6.83. The number of methoxy groups -OCH3 is 1. The van der Waals surface area contributed by atoms with Crippen molar-refractivity contribution in [3.63, 3.8) is 0 Å². The van der Waals surface area contributed by atoms with E-state index in [1.165, 1.54) is 0 Å². The van der Waals surface area contributed by atoms with E-state index in [0.29, 0.717) is 31.0 Å². The molecule has 1 aromatic heterocycles. The molecule has 0 spiro atoms. The monoisotopic (exact) mass is 289 g/mol. The van der Waals surface area contributed by atoms with Crippen LogP contribution >= 0.6 is 0 Å². The highest BCUT2D eigenvalue weighted by atomic mass is 16.5. The van der Waals surface area contributed by atoms with Gasteiger partial charge in [0.25, 0.3) is 0 Å². The van der Waals surface area contributed by atoms with Crippen molar-refractivity contribution >= 4 is 22.8 Å². The molecule has 1 aromatic carbocycles. The van der Waals surface area contributed by atoms with Crippen LogP contribution in [0.15, 0.2) is 24.3 Å². The minimum Gasteiger partial charge on any atom is -0.480 e. The van der Waals surface area contributed by atoms with Crippen LogP contribution in [0.3, 0.4) is 0 Å². The van der Waals surface area contributed by atoms with E-state index in [1.54, 1.807) is 7.11 Å². The number of aromatic nitrogens is 2. The Labute approximate surface area is 123 Å². The number of anilines is 1. The van der Waals surface area contributed by atoms with Crippen LogP contribution in [0, 0.1) is 6.92 Å². The molecule has 0 fully saturated rings. The summed E-state index contributed by atoms with van der Waals surface area (Å²) in [4.78, 5) is 20.2. The number of benzene rings is 1. The fourth-order valence-electron chi connectivity index (χ4n) is 2.08. The molecule has 2 aromatic rings. The highest BCUT2D eigenvalue weighted by Crippen LogP contribution is 2.17. The molecular weight excluding hydrogens is 270 g/mol. The molecule has 0 aliphatic heterocycles. The summed E-state index contributed by atoms with van der Waals surface area (Å²) >= 11 is 0. The van der Waals surface area contributed by atoms with Crippen LogP contribution in [0.2, 0.25) is 0 Å². The number of para-hydroxylation sites is 2. The highest BCUT2D eigenvalue weighted by Gasteiger charge is 2.18. The Balaban J connectivity index is 2.19. The molecule has 1 unspecified atom stereocenters. The molecule has 6 heteroatoms. The Morgan fingerprint density at radius 3 is 2.62 bits per heavy atom. The summed E-state index contributed by atoms with van der Waals surface area (Å²) in [5.74, 6) is -0.390. The normalized spacial score (nSPS) is 12.3. The largest absolute Gasteiger partial charge is 0.480 e. The van der Waals surface area contributed by atoms with Gasteiger partial charge in [0, 0.05) is 13.7 Å². The standard InChI is InChI=1S/C15H19N3O3/c1-10-14(17-12-7-4-3-6-11(12)16-10)18-13(15(19)20)8-5-9-21-2/h3-4,6-7,13H,5,8-9H2,1-2H3,(H,17,18)(H,19,20). The number of carboxylic acid groups (broad SMARTS) is 1. The topological polar surface area (TPSA) is 84.3 Å². The van der Waals surface area contributed by atoms with Crippen LogP contribution in [0.1, 0.15) is 18.5 Å². The summed E-state index contributed by atoms with van der Waals surface area (Å²) in [7, 11) is 1.60. The molecule has 21 heavy (non-hydrogen) atoms. The van der Waals surface area contributed by atoms with E-state index >= 15 is 0 Å². The van der Waals surface area contributed by atoms with Gasteiger partial charge >= 0.3 is 5.97 Å². The lowest BCUT2D eigenvalue weighted by Gasteiger charge is -2.16. The number of aliphatic carboxylic acids is 1. The van der Waals surface area contributed by atoms with Gasteiger partial charge in [-0.1, -0.05) is 12.1 Å². The molecule has 0 aliphatic carbocycles. The van der Waals surface area contributed by atoms with E-state index < -0.39 is 12.0 Å². The maximum absolute atomic E-state index is 11.3. The van der Waals surface area contributed by atoms with Crippen LogP contribution in [0.25, 0.3) is 11.0 Å². The minimum atomic E-state index is -0.902. The van der Waals surface area contributed by atoms with Crippen molar-refractivity contribution in [1.29, 1.82) is 0 Å². The van der Waals surface area contributed by atoms with E-state index in [-0.39, 0.29) is 0 Å². The first-order valence-electron chi connectivity index (χ1n) is 6.83. The molecular formula is C15H19N3O3. The predicted molar refractivity (Wildman–Crippen MR) is 80.4 cm³/mol. The SMILES string of the molecule is COCCCC(Nc1nc2ccccc2nc1C)C(=O)O. The predicted octanol–water partition coefficient (Wildman–Crippen LogP) is 2.23. The van der Waals surface area contributed by atoms with Crippen LogP contribution in [-0.4, -0.2) is 40.8 Å². The van der Waals surface area contributed by atoms with E-state index in [1.807, 2.05) is 31.2 Å². The Kier molecular flexibility index (Phi) is 5.05. The summed E-state index contributed by atoms with van der Waals surface area (Å²) in [6, 6.07) is 6.81. The number of hydrogen-bond acceptors (Lipinski definition) is 5. The first-order chi connectivity index (χ1) is 10.1. The van der Waals surface area contributed by atoms with Crippen LogP contribution in [0.4, 0.5) is 5.82 Å². The van der Waals surface area contributed by atoms with Crippen molar-refractivity contribution in [2.24, 2.45) is 0 Å². The smallest absolute Gasteiger partial charge is 0.326 e. The van der Waals surface area contributed by atoms with Gasteiger partial charge in [0.2, 0.25) is 0 Å². The Bertz CT molecular complexity index is 631. The fourth-order valence-corrected chi connectivity index (χ4v) is 2.08. The van der Waals surface area contributed by atoms with Gasteiger partial charge in [-0.25, -0.2) is 14.8 Å². The van der Waals surface area contributed by atoms with Crippen molar-refractivity contribution < 1.29 is 14.6 Å². The molecule has 1 atom stereocenters. The van der Waals surface area contributed by atoms with Gasteiger partial charge in [-0.3, -0.25) is 0 Å². The van der Waals surface area contributed by atoms with Crippen molar-refractivity contribution in [3.05, 3.63) is 30.0 Å². The number of carboxylic acids is 1. The quantitative estimate of drug-likeness (QED) is 0.760. The average molecular weight is 289 g/mol. The fraction of sp³-hybridized carbons (Fsp3) is 0.400. The maximum atomic E-state index is 11.3. The molecule has 0 saturated heterocycles. The number of carbonyl (C=O) groups is 1. The lowest BCUT2D eigenvalue weighted by molar-refractivity contribution is -0.138. The van der Waals surface area contributed by atoms with Crippen LogP contribution in [-0.2, 0) is 9.53 Å². The van der Waals surface area contributed by atoms with Gasteiger partial charge in [-0.2, -0.15) is 0 Å². The van der Waals surface area contributed by atoms with Gasteiger partial charge in [-0.05, 0) is 31.9 Å². The molecule has 2 N–H and O–H groups in total. The molecule has 1 heterocycles. The second-order valence-corrected chi connectivity index (χ2v) is 4.82. The first kappa shape index (κ1) is 15.2. The number of nitrogens with zero attached hydrogens (tertiary/aromatic N) is 2. The van der Waals surface area contributed by atoms with Gasteiger partial charge in [0.1, 0.15) is 11.9 Å². The molecule has 0 amide bonds. The van der Waals surface area contributed by atoms with Crippen LogP contribution < -0.4 is 5.32 Å². The zero-order valence-electron chi connectivity index (χ0n) is 12.2. The summed E-state index contributed by atoms with van der Waals surface area (Å²) in [5.41, 5.74) is 2.23. The summed E-state index contributed by atoms with van der Waals surface area (Å²) in [6.07, 6.45) is 1.14. The Morgan fingerprint density at radius 2 is 2.00 bits per heavy atom. The summed E-state index contributed by atoms with van der Waals surface area (Å²) in [5, 5.41) is 12.3. The second kappa shape index (κ2) is 6.99. The number of rotatable bonds is 7. The van der Waals surface area contributed by atoms with Crippen molar-refractivity contribution in [3.8, 4) is 0 Å². The van der Waals surface area contributed by atoms with Crippen molar-refractivity contribution in [1.82, 2.24) is 9.97 Å². The van der Waals surface area contributed by atoms with Crippen molar-refractivity contribution in [2.45, 2.75) is 25.8 Å². The molecule has 112 valence electrons. The Morgan fingerprint density at radius 1 is 1.33 bits per heavy atom. The average Bonchev–Trinajstić information content (AvgIpc) is 2.46. The minimum absolute atomic E-state index is 0.469.